The van der Waals surface area contributed by atoms with Crippen LogP contribution in [0, 0.1) is 10.1 Å². The SMILES string of the molecule is CCCN(CCC(=O)O)c1ncc(Br)cc1[N+](=O)[O-]. The van der Waals surface area contributed by atoms with Crippen LogP contribution in [0.4, 0.5) is 11.5 Å². The fraction of sp³-hybridized carbons (Fsp3) is 0.455. The number of carbonyl (C=O) groups is 1. The van der Waals surface area contributed by atoms with Crippen LogP contribution in [0.2, 0.25) is 0 Å². The molecule has 7 nitrogen and oxygen atoms in total. The Labute approximate surface area is 118 Å². The number of carboxylic acids is 1. The van der Waals surface area contributed by atoms with Crippen LogP contribution in [-0.4, -0.2) is 34.1 Å². The van der Waals surface area contributed by atoms with Crippen molar-refractivity contribution < 1.29 is 14.8 Å². The Morgan fingerprint density at radius 3 is 2.79 bits per heavy atom. The van der Waals surface area contributed by atoms with Crippen molar-refractivity contribution in [2.75, 3.05) is 18.0 Å². The van der Waals surface area contributed by atoms with Crippen molar-refractivity contribution >= 4 is 33.4 Å². The number of carboxylic acid groups (broad SMARTS) is 1. The lowest BCUT2D eigenvalue weighted by molar-refractivity contribution is -0.384. The van der Waals surface area contributed by atoms with E-state index in [4.69, 9.17) is 5.11 Å². The van der Waals surface area contributed by atoms with Gasteiger partial charge >= 0.3 is 11.7 Å². The summed E-state index contributed by atoms with van der Waals surface area (Å²) < 4.78 is 0.512. The van der Waals surface area contributed by atoms with Gasteiger partial charge in [0.05, 0.1) is 11.3 Å². The lowest BCUT2D eigenvalue weighted by atomic mass is 10.3. The number of rotatable bonds is 7. The summed E-state index contributed by atoms with van der Waals surface area (Å²) in [7, 11) is 0. The lowest BCUT2D eigenvalue weighted by Gasteiger charge is -2.21. The molecule has 1 aromatic heterocycles. The summed E-state index contributed by atoms with van der Waals surface area (Å²) in [4.78, 5) is 26.8. The fourth-order valence-corrected chi connectivity index (χ4v) is 1.94. The molecule has 0 bridgehead atoms. The Hall–Kier alpha value is -1.70. The van der Waals surface area contributed by atoms with Gasteiger partial charge in [0.2, 0.25) is 5.82 Å². The van der Waals surface area contributed by atoms with Crippen molar-refractivity contribution in [3.05, 3.63) is 26.9 Å². The van der Waals surface area contributed by atoms with Gasteiger partial charge in [-0.1, -0.05) is 6.92 Å². The molecule has 0 saturated carbocycles. The highest BCUT2D eigenvalue weighted by molar-refractivity contribution is 9.10. The zero-order valence-electron chi connectivity index (χ0n) is 10.4. The molecule has 8 heteroatoms. The Bertz CT molecular complexity index is 481. The van der Waals surface area contributed by atoms with Gasteiger partial charge in [0.1, 0.15) is 0 Å². The topological polar surface area (TPSA) is 96.6 Å². The van der Waals surface area contributed by atoms with Crippen LogP contribution in [0.5, 0.6) is 0 Å². The van der Waals surface area contributed by atoms with Crippen LogP contribution < -0.4 is 4.90 Å². The molecular weight excluding hydrogens is 318 g/mol. The van der Waals surface area contributed by atoms with E-state index < -0.39 is 10.9 Å². The van der Waals surface area contributed by atoms with E-state index in [-0.39, 0.29) is 24.5 Å². The van der Waals surface area contributed by atoms with Crippen LogP contribution in [0.25, 0.3) is 0 Å². The highest BCUT2D eigenvalue weighted by atomic mass is 79.9. The first-order valence-corrected chi connectivity index (χ1v) is 6.51. The van der Waals surface area contributed by atoms with Crippen LogP contribution in [0.15, 0.2) is 16.7 Å². The van der Waals surface area contributed by atoms with Gasteiger partial charge in [-0.3, -0.25) is 14.9 Å². The standard InChI is InChI=1S/C11H14BrN3O4/c1-2-4-14(5-3-10(16)17)11-9(15(18)19)6-8(12)7-13-11/h6-7H,2-5H2,1H3,(H,16,17). The summed E-state index contributed by atoms with van der Waals surface area (Å²) in [6.45, 7) is 2.62. The minimum Gasteiger partial charge on any atom is -0.481 e. The summed E-state index contributed by atoms with van der Waals surface area (Å²) in [6, 6.07) is 1.37. The molecule has 0 atom stereocenters. The Kier molecular flexibility index (Phi) is 5.68. The highest BCUT2D eigenvalue weighted by Gasteiger charge is 2.21. The predicted molar refractivity (Wildman–Crippen MR) is 73.3 cm³/mol. The maximum absolute atomic E-state index is 11.0. The second-order valence-corrected chi connectivity index (χ2v) is 4.80. The summed E-state index contributed by atoms with van der Waals surface area (Å²) in [5.74, 6) is -0.739. The Morgan fingerprint density at radius 1 is 1.58 bits per heavy atom. The number of nitrogens with zero attached hydrogens (tertiary/aromatic N) is 3. The summed E-state index contributed by atoms with van der Waals surface area (Å²) in [5.41, 5.74) is -0.131. The number of hydrogen-bond acceptors (Lipinski definition) is 5. The van der Waals surface area contributed by atoms with E-state index in [0.29, 0.717) is 11.0 Å². The first-order valence-electron chi connectivity index (χ1n) is 5.72. The van der Waals surface area contributed by atoms with Gasteiger partial charge in [-0.2, -0.15) is 0 Å². The van der Waals surface area contributed by atoms with Gasteiger partial charge in [-0.05, 0) is 22.4 Å². The Balaban J connectivity index is 3.06. The van der Waals surface area contributed by atoms with Crippen LogP contribution in [0.1, 0.15) is 19.8 Å². The third-order valence-corrected chi connectivity index (χ3v) is 2.83. The smallest absolute Gasteiger partial charge is 0.312 e. The molecule has 1 rings (SSSR count). The molecule has 0 fully saturated rings. The number of pyridine rings is 1. The molecular formula is C11H14BrN3O4. The van der Waals surface area contributed by atoms with Crippen molar-refractivity contribution in [2.45, 2.75) is 19.8 Å². The van der Waals surface area contributed by atoms with Crippen molar-refractivity contribution in [3.8, 4) is 0 Å². The highest BCUT2D eigenvalue weighted by Crippen LogP contribution is 2.28. The molecule has 0 spiro atoms. The van der Waals surface area contributed by atoms with Crippen molar-refractivity contribution in [1.82, 2.24) is 4.98 Å². The molecule has 0 amide bonds. The number of hydrogen-bond donors (Lipinski definition) is 1. The van der Waals surface area contributed by atoms with E-state index in [1.165, 1.54) is 12.3 Å². The summed E-state index contributed by atoms with van der Waals surface area (Å²) in [6.07, 6.45) is 2.12. The molecule has 0 aromatic carbocycles. The van der Waals surface area contributed by atoms with Crippen molar-refractivity contribution in [1.29, 1.82) is 0 Å². The van der Waals surface area contributed by atoms with Crippen LogP contribution in [0.3, 0.4) is 0 Å². The van der Waals surface area contributed by atoms with E-state index in [9.17, 15) is 14.9 Å². The number of aromatic nitrogens is 1. The second-order valence-electron chi connectivity index (χ2n) is 3.88. The van der Waals surface area contributed by atoms with Crippen molar-refractivity contribution in [3.63, 3.8) is 0 Å². The minimum absolute atomic E-state index is 0.0884. The molecule has 0 saturated heterocycles. The first kappa shape index (κ1) is 15.4. The van der Waals surface area contributed by atoms with Gasteiger partial charge in [0.15, 0.2) is 0 Å². The third-order valence-electron chi connectivity index (χ3n) is 2.40. The minimum atomic E-state index is -0.944. The molecule has 1 heterocycles. The predicted octanol–water partition coefficient (Wildman–Crippen LogP) is 2.44. The molecule has 0 aliphatic heterocycles. The van der Waals surface area contributed by atoms with Gasteiger partial charge < -0.3 is 10.0 Å². The van der Waals surface area contributed by atoms with Gasteiger partial charge in [-0.25, -0.2) is 4.98 Å². The van der Waals surface area contributed by atoms with Crippen LogP contribution in [-0.2, 0) is 4.79 Å². The monoisotopic (exact) mass is 331 g/mol. The van der Waals surface area contributed by atoms with E-state index in [1.54, 1.807) is 4.90 Å². The number of anilines is 1. The molecule has 1 N–H and O–H groups in total. The van der Waals surface area contributed by atoms with Gasteiger partial charge in [0.25, 0.3) is 0 Å². The number of halogens is 1. The lowest BCUT2D eigenvalue weighted by Crippen LogP contribution is -2.28. The quantitative estimate of drug-likeness (QED) is 0.608. The van der Waals surface area contributed by atoms with Crippen LogP contribution >= 0.6 is 15.9 Å². The second kappa shape index (κ2) is 7.03. The van der Waals surface area contributed by atoms with E-state index in [2.05, 4.69) is 20.9 Å². The average Bonchev–Trinajstić information content (AvgIpc) is 2.34. The van der Waals surface area contributed by atoms with E-state index >= 15 is 0 Å². The molecule has 0 aliphatic carbocycles. The first-order chi connectivity index (χ1) is 8.95. The molecule has 0 aliphatic rings. The van der Waals surface area contributed by atoms with E-state index in [1.807, 2.05) is 6.92 Å². The molecule has 0 radical (unpaired) electrons. The Morgan fingerprint density at radius 2 is 2.26 bits per heavy atom. The number of aliphatic carboxylic acids is 1. The molecule has 0 unspecified atom stereocenters. The third kappa shape index (κ3) is 4.47. The maximum Gasteiger partial charge on any atom is 0.312 e. The zero-order chi connectivity index (χ0) is 14.4. The van der Waals surface area contributed by atoms with Crippen molar-refractivity contribution in [2.24, 2.45) is 0 Å². The number of nitro groups is 1. The summed E-state index contributed by atoms with van der Waals surface area (Å²) >= 11 is 3.14. The van der Waals surface area contributed by atoms with E-state index in [0.717, 1.165) is 6.42 Å². The fourth-order valence-electron chi connectivity index (χ4n) is 1.62. The zero-order valence-corrected chi connectivity index (χ0v) is 12.0. The summed E-state index contributed by atoms with van der Waals surface area (Å²) in [5, 5.41) is 19.7. The maximum atomic E-state index is 11.0. The molecule has 1 aromatic rings. The molecule has 104 valence electrons. The largest absolute Gasteiger partial charge is 0.481 e. The normalized spacial score (nSPS) is 10.2. The average molecular weight is 332 g/mol. The van der Waals surface area contributed by atoms with Gasteiger partial charge in [-0.15, -0.1) is 0 Å². The molecule has 19 heavy (non-hydrogen) atoms. The van der Waals surface area contributed by atoms with Gasteiger partial charge in [0, 0.05) is 29.8 Å².